The van der Waals surface area contributed by atoms with Crippen molar-refractivity contribution in [1.82, 2.24) is 14.9 Å². The Morgan fingerprint density at radius 1 is 1.05 bits per heavy atom. The molecule has 2 aromatic rings. The molecule has 4 rings (SSSR count). The number of benzene rings is 2. The highest BCUT2D eigenvalue weighted by atomic mass is 32.2. The van der Waals surface area contributed by atoms with E-state index in [9.17, 15) is 35.2 Å². The van der Waals surface area contributed by atoms with E-state index in [-0.39, 0.29) is 6.61 Å². The number of amides is 1. The van der Waals surface area contributed by atoms with Gasteiger partial charge in [-0.3, -0.25) is 9.69 Å². The van der Waals surface area contributed by atoms with Crippen LogP contribution >= 0.6 is 0 Å². The van der Waals surface area contributed by atoms with Gasteiger partial charge in [0.25, 0.3) is 0 Å². The van der Waals surface area contributed by atoms with Crippen molar-refractivity contribution < 1.29 is 39.9 Å². The zero-order valence-electron chi connectivity index (χ0n) is 20.4. The average molecular weight is 562 g/mol. The first-order valence-electron chi connectivity index (χ1n) is 12.2. The number of piperidine rings is 1. The molecule has 208 valence electrons. The summed E-state index contributed by atoms with van der Waals surface area (Å²) in [6, 6.07) is 3.26. The second kappa shape index (κ2) is 11.5. The third-order valence-electron chi connectivity index (χ3n) is 6.54. The number of rotatable bonds is 8. The summed E-state index contributed by atoms with van der Waals surface area (Å²) in [5, 5.41) is 2.54. The molecular weight excluding hydrogens is 533 g/mol. The van der Waals surface area contributed by atoms with Crippen molar-refractivity contribution in [1.29, 1.82) is 0 Å². The van der Waals surface area contributed by atoms with Gasteiger partial charge in [-0.15, -0.1) is 0 Å². The van der Waals surface area contributed by atoms with Gasteiger partial charge >= 0.3 is 6.18 Å². The first kappa shape index (κ1) is 28.2. The Bertz CT molecular complexity index is 1250. The number of sulfonamides is 1. The van der Waals surface area contributed by atoms with Gasteiger partial charge in [0, 0.05) is 24.6 Å². The number of hydrogen-bond donors (Lipinski definition) is 2. The van der Waals surface area contributed by atoms with Crippen LogP contribution in [0.25, 0.3) is 0 Å². The minimum atomic E-state index is -5.15. The van der Waals surface area contributed by atoms with E-state index in [2.05, 4.69) is 10.2 Å². The van der Waals surface area contributed by atoms with Crippen molar-refractivity contribution in [3.8, 4) is 5.75 Å². The van der Waals surface area contributed by atoms with Gasteiger partial charge in [0.15, 0.2) is 0 Å². The molecule has 38 heavy (non-hydrogen) atoms. The molecule has 2 aromatic carbocycles. The van der Waals surface area contributed by atoms with Crippen LogP contribution in [0.5, 0.6) is 5.75 Å². The van der Waals surface area contributed by atoms with Crippen LogP contribution in [0.4, 0.5) is 22.0 Å². The molecule has 0 saturated carbocycles. The molecule has 1 fully saturated rings. The van der Waals surface area contributed by atoms with E-state index in [1.165, 1.54) is 11.1 Å². The van der Waals surface area contributed by atoms with Gasteiger partial charge in [-0.25, -0.2) is 17.2 Å². The van der Waals surface area contributed by atoms with Crippen LogP contribution < -0.4 is 14.8 Å². The normalized spacial score (nSPS) is 19.3. The number of carbonyl (C=O) groups is 1. The zero-order valence-corrected chi connectivity index (χ0v) is 21.2. The summed E-state index contributed by atoms with van der Waals surface area (Å²) in [6.45, 7) is 3.01. The first-order chi connectivity index (χ1) is 17.9. The van der Waals surface area contributed by atoms with Gasteiger partial charge < -0.3 is 10.1 Å². The molecule has 2 aliphatic heterocycles. The van der Waals surface area contributed by atoms with Gasteiger partial charge in [-0.05, 0) is 49.7 Å². The lowest BCUT2D eigenvalue weighted by atomic mass is 9.98. The Balaban J connectivity index is 1.44. The van der Waals surface area contributed by atoms with E-state index in [1.54, 1.807) is 6.07 Å². The van der Waals surface area contributed by atoms with Crippen molar-refractivity contribution >= 4 is 15.9 Å². The summed E-state index contributed by atoms with van der Waals surface area (Å²) in [7, 11) is -4.99. The molecule has 0 unspecified atom stereocenters. The Hall–Kier alpha value is -2.77. The highest BCUT2D eigenvalue weighted by Crippen LogP contribution is 2.34. The fourth-order valence-electron chi connectivity index (χ4n) is 4.66. The molecule has 1 amide bonds. The van der Waals surface area contributed by atoms with Crippen molar-refractivity contribution in [3.05, 3.63) is 59.2 Å². The van der Waals surface area contributed by atoms with Crippen LogP contribution in [0.15, 0.2) is 41.3 Å². The van der Waals surface area contributed by atoms with E-state index >= 15 is 0 Å². The number of nitrogens with one attached hydrogen (secondary N) is 2. The van der Waals surface area contributed by atoms with Gasteiger partial charge in [0.1, 0.15) is 23.4 Å². The van der Waals surface area contributed by atoms with Crippen molar-refractivity contribution in [2.24, 2.45) is 0 Å². The summed E-state index contributed by atoms with van der Waals surface area (Å²) >= 11 is 0. The molecule has 0 spiro atoms. The lowest BCUT2D eigenvalue weighted by Crippen LogP contribution is -2.48. The molecule has 13 heteroatoms. The molecular formula is C25H28F5N3O4S. The van der Waals surface area contributed by atoms with Gasteiger partial charge in [-0.2, -0.15) is 17.9 Å². The van der Waals surface area contributed by atoms with Crippen LogP contribution in [0.1, 0.15) is 49.3 Å². The number of hydrogen-bond acceptors (Lipinski definition) is 5. The summed E-state index contributed by atoms with van der Waals surface area (Å²) in [5.41, 5.74) is 1.64. The fourth-order valence-corrected chi connectivity index (χ4v) is 5.92. The predicted octanol–water partition coefficient (Wildman–Crippen LogP) is 4.19. The summed E-state index contributed by atoms with van der Waals surface area (Å²) in [4.78, 5) is 13.9. The number of nitrogens with zero attached hydrogens (tertiary/aromatic N) is 1. The lowest BCUT2D eigenvalue weighted by molar-refractivity contribution is -0.158. The quantitative estimate of drug-likeness (QED) is 0.472. The molecule has 1 saturated heterocycles. The molecule has 2 N–H and O–H groups in total. The third kappa shape index (κ3) is 7.20. The Kier molecular flexibility index (Phi) is 8.58. The maximum absolute atomic E-state index is 13.7. The molecule has 2 heterocycles. The second-order valence-electron chi connectivity index (χ2n) is 9.49. The molecule has 0 radical (unpaired) electrons. The molecule has 7 nitrogen and oxygen atoms in total. The molecule has 2 atom stereocenters. The molecule has 0 aromatic heterocycles. The summed E-state index contributed by atoms with van der Waals surface area (Å²) in [6.07, 6.45) is -2.60. The second-order valence-corrected chi connectivity index (χ2v) is 11.2. The Morgan fingerprint density at radius 2 is 1.74 bits per heavy atom. The molecule has 0 aliphatic carbocycles. The minimum absolute atomic E-state index is 0.242. The van der Waals surface area contributed by atoms with E-state index in [0.717, 1.165) is 38.0 Å². The number of likely N-dealkylation sites (tertiary alicyclic amines) is 1. The van der Waals surface area contributed by atoms with Crippen LogP contribution in [0.2, 0.25) is 0 Å². The zero-order chi connectivity index (χ0) is 27.5. The maximum atomic E-state index is 13.7. The maximum Gasteiger partial charge on any atom is 0.405 e. The SMILES string of the molecule is O=C(C[C@@H](NS(=O)(=O)c1cc(F)cc(F)c1)C(F)(F)F)N[C@@H]1CCOc2cc(CN3CCCCC3)ccc21. The minimum Gasteiger partial charge on any atom is -0.493 e. The number of carbonyl (C=O) groups excluding carboxylic acids is 1. The van der Waals surface area contributed by atoms with Crippen LogP contribution in [-0.4, -0.2) is 51.1 Å². The van der Waals surface area contributed by atoms with Gasteiger partial charge in [0.2, 0.25) is 15.9 Å². The first-order valence-corrected chi connectivity index (χ1v) is 13.7. The summed E-state index contributed by atoms with van der Waals surface area (Å²) < 4.78 is 99.8. The Morgan fingerprint density at radius 3 is 2.39 bits per heavy atom. The third-order valence-corrected chi connectivity index (χ3v) is 7.99. The largest absolute Gasteiger partial charge is 0.493 e. The van der Waals surface area contributed by atoms with E-state index < -0.39 is 57.1 Å². The van der Waals surface area contributed by atoms with Crippen LogP contribution in [-0.2, 0) is 21.4 Å². The smallest absolute Gasteiger partial charge is 0.405 e. The molecule has 2 aliphatic rings. The standard InChI is InChI=1S/C25H28F5N3O4S/c26-17-11-18(27)13-19(12-17)38(35,36)32-23(25(28,29)30)14-24(34)31-21-6-9-37-22-10-16(4-5-20(21)22)15-33-7-2-1-3-8-33/h4-5,10-13,21,23,32H,1-3,6-9,14-15H2,(H,31,34)/t21-,23-/m1/s1. The lowest BCUT2D eigenvalue weighted by Gasteiger charge is -2.30. The number of halogens is 5. The van der Waals surface area contributed by atoms with Gasteiger partial charge in [0.05, 0.1) is 24.0 Å². The highest BCUT2D eigenvalue weighted by molar-refractivity contribution is 7.89. The predicted molar refractivity (Wildman–Crippen MR) is 128 cm³/mol. The van der Waals surface area contributed by atoms with Crippen LogP contribution in [0, 0.1) is 11.6 Å². The monoisotopic (exact) mass is 561 g/mol. The average Bonchev–Trinajstić information content (AvgIpc) is 2.83. The summed E-state index contributed by atoms with van der Waals surface area (Å²) in [5.74, 6) is -3.05. The van der Waals surface area contributed by atoms with Crippen molar-refractivity contribution in [2.75, 3.05) is 19.7 Å². The van der Waals surface area contributed by atoms with Crippen LogP contribution in [0.3, 0.4) is 0 Å². The number of ether oxygens (including phenoxy) is 1. The number of alkyl halides is 3. The highest BCUT2D eigenvalue weighted by Gasteiger charge is 2.44. The van der Waals surface area contributed by atoms with Crippen molar-refractivity contribution in [2.45, 2.75) is 61.8 Å². The number of fused-ring (bicyclic) bond motifs is 1. The van der Waals surface area contributed by atoms with E-state index in [0.29, 0.717) is 35.9 Å². The van der Waals surface area contributed by atoms with E-state index in [4.69, 9.17) is 4.74 Å². The van der Waals surface area contributed by atoms with E-state index in [1.807, 2.05) is 12.1 Å². The molecule has 0 bridgehead atoms. The fraction of sp³-hybridized carbons (Fsp3) is 0.480. The topological polar surface area (TPSA) is 87.7 Å². The Labute approximate surface area is 217 Å². The van der Waals surface area contributed by atoms with Crippen molar-refractivity contribution in [3.63, 3.8) is 0 Å². The van der Waals surface area contributed by atoms with Gasteiger partial charge in [-0.1, -0.05) is 18.6 Å².